The zero-order valence-electron chi connectivity index (χ0n) is 17.7. The number of unbranched alkanes of at least 4 members (excludes halogenated alkanes) is 1. The van der Waals surface area contributed by atoms with Gasteiger partial charge in [0.1, 0.15) is 0 Å². The Balaban J connectivity index is 1.55. The number of hydrogen-bond donors (Lipinski definition) is 2. The third kappa shape index (κ3) is 6.72. The van der Waals surface area contributed by atoms with Crippen LogP contribution in [0.4, 0.5) is 0 Å². The molecule has 1 amide bonds. The van der Waals surface area contributed by atoms with Crippen molar-refractivity contribution in [1.82, 2.24) is 15.0 Å². The molecule has 0 radical (unpaired) electrons. The number of rotatable bonds is 10. The zero-order chi connectivity index (χ0) is 22.3. The molecule has 1 aromatic heterocycles. The third-order valence-corrected chi connectivity index (χ3v) is 7.27. The molecule has 2 aromatic carbocycles. The van der Waals surface area contributed by atoms with Gasteiger partial charge in [0.25, 0.3) is 5.91 Å². The van der Waals surface area contributed by atoms with E-state index in [4.69, 9.17) is 0 Å². The van der Waals surface area contributed by atoms with Crippen molar-refractivity contribution in [3.63, 3.8) is 0 Å². The number of amides is 1. The van der Waals surface area contributed by atoms with Gasteiger partial charge in [-0.25, -0.2) is 18.1 Å². The molecule has 8 heteroatoms. The van der Waals surface area contributed by atoms with Crippen molar-refractivity contribution in [3.8, 4) is 0 Å². The average molecular weight is 458 g/mol. The molecule has 2 N–H and O–H groups in total. The summed E-state index contributed by atoms with van der Waals surface area (Å²) in [6, 6.07) is 13.9. The molecule has 164 valence electrons. The first-order valence-electron chi connectivity index (χ1n) is 10.2. The van der Waals surface area contributed by atoms with Gasteiger partial charge in [0, 0.05) is 29.7 Å². The Morgan fingerprint density at radius 3 is 2.55 bits per heavy atom. The number of carbonyl (C=O) groups is 1. The van der Waals surface area contributed by atoms with Crippen molar-refractivity contribution in [2.24, 2.45) is 0 Å². The van der Waals surface area contributed by atoms with E-state index in [1.54, 1.807) is 24.3 Å². The van der Waals surface area contributed by atoms with Crippen molar-refractivity contribution >= 4 is 27.3 Å². The van der Waals surface area contributed by atoms with Gasteiger partial charge in [-0.1, -0.05) is 36.4 Å². The normalized spacial score (nSPS) is 11.4. The van der Waals surface area contributed by atoms with Crippen molar-refractivity contribution in [3.05, 3.63) is 81.3 Å². The number of sulfonamides is 1. The van der Waals surface area contributed by atoms with E-state index in [-0.39, 0.29) is 17.3 Å². The first kappa shape index (κ1) is 23.1. The minimum atomic E-state index is -3.72. The van der Waals surface area contributed by atoms with E-state index in [2.05, 4.69) is 15.0 Å². The number of nitrogens with one attached hydrogen (secondary N) is 2. The molecule has 0 saturated heterocycles. The molecule has 0 bridgehead atoms. The average Bonchev–Trinajstić information content (AvgIpc) is 3.18. The maximum atomic E-state index is 12.7. The van der Waals surface area contributed by atoms with Crippen LogP contribution < -0.4 is 10.0 Å². The Morgan fingerprint density at radius 1 is 1.06 bits per heavy atom. The lowest BCUT2D eigenvalue weighted by atomic mass is 10.1. The predicted octanol–water partition coefficient (Wildman–Crippen LogP) is 3.99. The molecule has 1 heterocycles. The van der Waals surface area contributed by atoms with Crippen LogP contribution >= 0.6 is 11.3 Å². The Labute approximate surface area is 187 Å². The van der Waals surface area contributed by atoms with Gasteiger partial charge in [-0.2, -0.15) is 0 Å². The summed E-state index contributed by atoms with van der Waals surface area (Å²) in [7, 11) is -3.72. The maximum absolute atomic E-state index is 12.7. The summed E-state index contributed by atoms with van der Waals surface area (Å²) >= 11 is 1.66. The lowest BCUT2D eigenvalue weighted by Crippen LogP contribution is -2.27. The summed E-state index contributed by atoms with van der Waals surface area (Å²) < 4.78 is 27.9. The van der Waals surface area contributed by atoms with E-state index in [0.717, 1.165) is 41.1 Å². The molecular formula is C23H27N3O3S2. The number of nitrogens with zero attached hydrogens (tertiary/aromatic N) is 1. The fourth-order valence-electron chi connectivity index (χ4n) is 3.09. The molecule has 0 aliphatic carbocycles. The van der Waals surface area contributed by atoms with Gasteiger partial charge < -0.3 is 5.32 Å². The van der Waals surface area contributed by atoms with Crippen LogP contribution in [0.1, 0.15) is 45.0 Å². The van der Waals surface area contributed by atoms with Crippen molar-refractivity contribution < 1.29 is 13.2 Å². The van der Waals surface area contributed by atoms with Gasteiger partial charge in [-0.3, -0.25) is 4.79 Å². The molecule has 0 saturated carbocycles. The van der Waals surface area contributed by atoms with E-state index < -0.39 is 10.0 Å². The highest BCUT2D eigenvalue weighted by Gasteiger charge is 2.18. The summed E-state index contributed by atoms with van der Waals surface area (Å²) in [5.41, 5.74) is 3.01. The second kappa shape index (κ2) is 10.7. The van der Waals surface area contributed by atoms with E-state index >= 15 is 0 Å². The molecule has 3 rings (SSSR count). The molecule has 0 atom stereocenters. The number of benzene rings is 2. The Kier molecular flexibility index (Phi) is 7.95. The van der Waals surface area contributed by atoms with Gasteiger partial charge in [-0.15, -0.1) is 11.3 Å². The maximum Gasteiger partial charge on any atom is 0.251 e. The molecule has 6 nitrogen and oxygen atoms in total. The standard InChI is InChI=1S/C23H27N3O3S2/c1-17-11-12-20(31(28,29)25-15-19-8-4-3-5-9-19)14-21(17)23(27)24-13-7-6-10-22-26-18(2)16-30-22/h3-5,8-9,11-12,14,16,25H,6-7,10,13,15H2,1-2H3,(H,24,27). The number of carbonyl (C=O) groups excluding carboxylic acids is 1. The highest BCUT2D eigenvalue weighted by molar-refractivity contribution is 7.89. The number of aryl methyl sites for hydroxylation is 3. The summed E-state index contributed by atoms with van der Waals surface area (Å²) in [5.74, 6) is -0.261. The monoisotopic (exact) mass is 457 g/mol. The highest BCUT2D eigenvalue weighted by Crippen LogP contribution is 2.17. The van der Waals surface area contributed by atoms with Gasteiger partial charge >= 0.3 is 0 Å². The minimum absolute atomic E-state index is 0.0818. The van der Waals surface area contributed by atoms with Crippen LogP contribution in [0, 0.1) is 13.8 Å². The van der Waals surface area contributed by atoms with Crippen molar-refractivity contribution in [2.45, 2.75) is 44.6 Å². The second-order valence-corrected chi connectivity index (χ2v) is 10.1. The largest absolute Gasteiger partial charge is 0.352 e. The smallest absolute Gasteiger partial charge is 0.251 e. The van der Waals surface area contributed by atoms with Crippen molar-refractivity contribution in [2.75, 3.05) is 6.54 Å². The summed E-state index contributed by atoms with van der Waals surface area (Å²) in [5, 5.41) is 6.05. The molecule has 31 heavy (non-hydrogen) atoms. The fraction of sp³-hybridized carbons (Fsp3) is 0.304. The second-order valence-electron chi connectivity index (χ2n) is 7.38. The number of thiazole rings is 1. The number of hydrogen-bond acceptors (Lipinski definition) is 5. The first-order valence-corrected chi connectivity index (χ1v) is 12.5. The van der Waals surface area contributed by atoms with Crippen LogP contribution in [0.15, 0.2) is 58.8 Å². The van der Waals surface area contributed by atoms with E-state index in [1.165, 1.54) is 12.1 Å². The fourth-order valence-corrected chi connectivity index (χ4v) is 4.95. The van der Waals surface area contributed by atoms with Crippen LogP contribution in [0.3, 0.4) is 0 Å². The highest BCUT2D eigenvalue weighted by atomic mass is 32.2. The third-order valence-electron chi connectivity index (χ3n) is 4.84. The Bertz CT molecular complexity index is 1130. The summed E-state index contributed by atoms with van der Waals surface area (Å²) in [6.45, 7) is 4.50. The zero-order valence-corrected chi connectivity index (χ0v) is 19.4. The quantitative estimate of drug-likeness (QED) is 0.451. The first-order chi connectivity index (χ1) is 14.8. The lowest BCUT2D eigenvalue weighted by Gasteiger charge is -2.11. The minimum Gasteiger partial charge on any atom is -0.352 e. The Hall–Kier alpha value is -2.55. The van der Waals surface area contributed by atoms with E-state index in [9.17, 15) is 13.2 Å². The molecule has 3 aromatic rings. The molecule has 0 aliphatic rings. The van der Waals surface area contributed by atoms with Gasteiger partial charge in [0.15, 0.2) is 0 Å². The predicted molar refractivity (Wildman–Crippen MR) is 124 cm³/mol. The molecule has 0 fully saturated rings. The van der Waals surface area contributed by atoms with E-state index in [1.807, 2.05) is 42.6 Å². The van der Waals surface area contributed by atoms with E-state index in [0.29, 0.717) is 12.1 Å². The van der Waals surface area contributed by atoms with Crippen LogP contribution in [0.5, 0.6) is 0 Å². The Morgan fingerprint density at radius 2 is 1.84 bits per heavy atom. The van der Waals surface area contributed by atoms with Gasteiger partial charge in [0.2, 0.25) is 10.0 Å². The summed E-state index contributed by atoms with van der Waals surface area (Å²) in [4.78, 5) is 17.1. The van der Waals surface area contributed by atoms with Crippen LogP contribution in [0.2, 0.25) is 0 Å². The molecular weight excluding hydrogens is 430 g/mol. The van der Waals surface area contributed by atoms with Crippen LogP contribution in [-0.2, 0) is 23.0 Å². The topological polar surface area (TPSA) is 88.2 Å². The molecule has 0 aliphatic heterocycles. The number of aromatic nitrogens is 1. The SMILES string of the molecule is Cc1csc(CCCCNC(=O)c2cc(S(=O)(=O)NCc3ccccc3)ccc2C)n1. The van der Waals surface area contributed by atoms with Crippen LogP contribution in [-0.4, -0.2) is 25.9 Å². The molecule has 0 spiro atoms. The van der Waals surface area contributed by atoms with Gasteiger partial charge in [0.05, 0.1) is 9.90 Å². The van der Waals surface area contributed by atoms with Crippen molar-refractivity contribution in [1.29, 1.82) is 0 Å². The van der Waals surface area contributed by atoms with Crippen LogP contribution in [0.25, 0.3) is 0 Å². The summed E-state index contributed by atoms with van der Waals surface area (Å²) in [6.07, 6.45) is 2.66. The lowest BCUT2D eigenvalue weighted by molar-refractivity contribution is 0.0952. The van der Waals surface area contributed by atoms with Gasteiger partial charge in [-0.05, 0) is 56.4 Å². The molecule has 0 unspecified atom stereocenters.